The Kier molecular flexibility index (Phi) is 7.14. The summed E-state index contributed by atoms with van der Waals surface area (Å²) in [5.74, 6) is 1.54. The summed E-state index contributed by atoms with van der Waals surface area (Å²) < 4.78 is 15.9. The number of benzene rings is 2. The van der Waals surface area contributed by atoms with E-state index in [2.05, 4.69) is 10.2 Å². The van der Waals surface area contributed by atoms with Gasteiger partial charge >= 0.3 is 0 Å². The number of anilines is 1. The molecule has 0 heterocycles. The van der Waals surface area contributed by atoms with E-state index in [1.165, 1.54) is 0 Å². The van der Waals surface area contributed by atoms with Crippen molar-refractivity contribution in [3.8, 4) is 17.2 Å². The van der Waals surface area contributed by atoms with Crippen LogP contribution in [0.4, 0.5) is 5.69 Å². The molecule has 0 unspecified atom stereocenters. The van der Waals surface area contributed by atoms with E-state index in [9.17, 15) is 4.79 Å². The van der Waals surface area contributed by atoms with E-state index < -0.39 is 0 Å². The highest BCUT2D eigenvalue weighted by Crippen LogP contribution is 2.38. The first-order chi connectivity index (χ1) is 12.6. The van der Waals surface area contributed by atoms with Gasteiger partial charge in [0.2, 0.25) is 11.7 Å². The molecule has 0 radical (unpaired) electrons. The maximum atomic E-state index is 12.2. The summed E-state index contributed by atoms with van der Waals surface area (Å²) in [4.78, 5) is 14.3. The second-order valence-electron chi connectivity index (χ2n) is 5.82. The molecule has 2 aromatic carbocycles. The zero-order valence-corrected chi connectivity index (χ0v) is 15.7. The maximum Gasteiger partial charge on any atom is 0.224 e. The lowest BCUT2D eigenvalue weighted by Gasteiger charge is -2.19. The van der Waals surface area contributed by atoms with Crippen LogP contribution in [0.1, 0.15) is 5.56 Å². The molecule has 0 saturated carbocycles. The van der Waals surface area contributed by atoms with Gasteiger partial charge in [0.1, 0.15) is 0 Å². The quantitative estimate of drug-likeness (QED) is 0.746. The number of likely N-dealkylation sites (N-methyl/N-ethyl adjacent to an activating group) is 1. The third kappa shape index (κ3) is 5.05. The van der Waals surface area contributed by atoms with Gasteiger partial charge in [0, 0.05) is 25.8 Å². The van der Waals surface area contributed by atoms with Crippen molar-refractivity contribution in [2.45, 2.75) is 6.42 Å². The summed E-state index contributed by atoms with van der Waals surface area (Å²) in [5.41, 5.74) is 1.92. The van der Waals surface area contributed by atoms with Gasteiger partial charge < -0.3 is 24.4 Å². The number of carbonyl (C=O) groups is 1. The fraction of sp³-hybridized carbons (Fsp3) is 0.350. The second-order valence-corrected chi connectivity index (χ2v) is 5.82. The molecule has 0 aliphatic carbocycles. The fourth-order valence-electron chi connectivity index (χ4n) is 2.66. The van der Waals surface area contributed by atoms with Crippen LogP contribution in [0, 0.1) is 0 Å². The summed E-state index contributed by atoms with van der Waals surface area (Å²) in [6, 6.07) is 13.6. The molecule has 0 fully saturated rings. The minimum absolute atomic E-state index is 0.0549. The zero-order chi connectivity index (χ0) is 18.9. The Morgan fingerprint density at radius 3 is 2.15 bits per heavy atom. The smallest absolute Gasteiger partial charge is 0.224 e. The van der Waals surface area contributed by atoms with Crippen molar-refractivity contribution in [2.75, 3.05) is 46.4 Å². The van der Waals surface area contributed by atoms with Crippen molar-refractivity contribution >= 4 is 11.6 Å². The summed E-state index contributed by atoms with van der Waals surface area (Å²) in [7, 11) is 6.66. The number of carbonyl (C=O) groups excluding carboxylic acids is 1. The number of amides is 1. The lowest BCUT2D eigenvalue weighted by atomic mass is 10.1. The van der Waals surface area contributed by atoms with E-state index >= 15 is 0 Å². The topological polar surface area (TPSA) is 60.0 Å². The predicted molar refractivity (Wildman–Crippen MR) is 103 cm³/mol. The third-order valence-electron chi connectivity index (χ3n) is 4.06. The highest BCUT2D eigenvalue weighted by molar-refractivity contribution is 5.79. The Labute approximate surface area is 154 Å². The molecule has 1 N–H and O–H groups in total. The molecule has 0 saturated heterocycles. The van der Waals surface area contributed by atoms with Crippen LogP contribution in [0.15, 0.2) is 42.5 Å². The van der Waals surface area contributed by atoms with Crippen LogP contribution in [0.3, 0.4) is 0 Å². The summed E-state index contributed by atoms with van der Waals surface area (Å²) >= 11 is 0. The Balaban J connectivity index is 1.91. The van der Waals surface area contributed by atoms with Gasteiger partial charge in [-0.2, -0.15) is 0 Å². The minimum Gasteiger partial charge on any atom is -0.493 e. The van der Waals surface area contributed by atoms with Gasteiger partial charge in [-0.15, -0.1) is 0 Å². The minimum atomic E-state index is -0.0549. The third-order valence-corrected chi connectivity index (χ3v) is 4.06. The van der Waals surface area contributed by atoms with Gasteiger partial charge in [-0.25, -0.2) is 0 Å². The van der Waals surface area contributed by atoms with Crippen molar-refractivity contribution < 1.29 is 19.0 Å². The number of ether oxygens (including phenoxy) is 3. The van der Waals surface area contributed by atoms with Crippen LogP contribution < -0.4 is 24.4 Å². The van der Waals surface area contributed by atoms with E-state index in [-0.39, 0.29) is 12.3 Å². The van der Waals surface area contributed by atoms with Crippen LogP contribution in [-0.4, -0.2) is 47.4 Å². The normalized spacial score (nSPS) is 10.2. The van der Waals surface area contributed by atoms with E-state index in [0.717, 1.165) is 17.8 Å². The van der Waals surface area contributed by atoms with Crippen molar-refractivity contribution in [3.63, 3.8) is 0 Å². The number of methoxy groups -OCH3 is 3. The highest BCUT2D eigenvalue weighted by atomic mass is 16.5. The van der Waals surface area contributed by atoms with E-state index in [4.69, 9.17) is 14.2 Å². The molecule has 2 aromatic rings. The lowest BCUT2D eigenvalue weighted by molar-refractivity contribution is -0.120. The molecular weight excluding hydrogens is 332 g/mol. The monoisotopic (exact) mass is 358 g/mol. The number of nitrogens with zero attached hydrogens (tertiary/aromatic N) is 1. The molecule has 0 spiro atoms. The van der Waals surface area contributed by atoms with E-state index in [0.29, 0.717) is 23.8 Å². The molecular formula is C20H26N2O4. The predicted octanol–water partition coefficient (Wildman–Crippen LogP) is 2.51. The Bertz CT molecular complexity index is 694. The molecule has 6 nitrogen and oxygen atoms in total. The summed E-state index contributed by atoms with van der Waals surface area (Å²) in [6.45, 7) is 1.29. The molecule has 6 heteroatoms. The van der Waals surface area contributed by atoms with Crippen LogP contribution >= 0.6 is 0 Å². The number of para-hydroxylation sites is 1. The number of rotatable bonds is 9. The second kappa shape index (κ2) is 9.56. The Hall–Kier alpha value is -2.89. The zero-order valence-electron chi connectivity index (χ0n) is 15.7. The molecule has 0 bridgehead atoms. The van der Waals surface area contributed by atoms with Gasteiger partial charge in [-0.1, -0.05) is 18.2 Å². The van der Waals surface area contributed by atoms with Gasteiger partial charge in [0.25, 0.3) is 0 Å². The standard InChI is InChI=1S/C20H26N2O4/c1-22(16-8-6-5-7-9-16)11-10-21-19(23)14-15-12-17(24-2)20(26-4)18(13-15)25-3/h5-9,12-13H,10-11,14H2,1-4H3,(H,21,23). The average Bonchev–Trinajstić information content (AvgIpc) is 2.67. The first-order valence-electron chi connectivity index (χ1n) is 8.40. The molecule has 2 rings (SSSR count). The molecule has 1 amide bonds. The van der Waals surface area contributed by atoms with Crippen molar-refractivity contribution in [1.82, 2.24) is 5.32 Å². The van der Waals surface area contributed by atoms with E-state index in [1.54, 1.807) is 33.5 Å². The van der Waals surface area contributed by atoms with Crippen molar-refractivity contribution in [1.29, 1.82) is 0 Å². The average molecular weight is 358 g/mol. The molecule has 140 valence electrons. The van der Waals surface area contributed by atoms with E-state index in [1.807, 2.05) is 37.4 Å². The van der Waals surface area contributed by atoms with Crippen molar-refractivity contribution in [3.05, 3.63) is 48.0 Å². The summed E-state index contributed by atoms with van der Waals surface area (Å²) in [6.07, 6.45) is 0.242. The first kappa shape index (κ1) is 19.4. The lowest BCUT2D eigenvalue weighted by Crippen LogP contribution is -2.33. The molecule has 0 aromatic heterocycles. The number of hydrogen-bond acceptors (Lipinski definition) is 5. The summed E-state index contributed by atoms with van der Waals surface area (Å²) in [5, 5.41) is 2.94. The van der Waals surface area contributed by atoms with Crippen LogP contribution in [0.25, 0.3) is 0 Å². The maximum absolute atomic E-state index is 12.2. The number of hydrogen-bond donors (Lipinski definition) is 1. The Morgan fingerprint density at radius 2 is 1.62 bits per heavy atom. The fourth-order valence-corrected chi connectivity index (χ4v) is 2.66. The Morgan fingerprint density at radius 1 is 1.00 bits per heavy atom. The van der Waals surface area contributed by atoms with Gasteiger partial charge in [0.05, 0.1) is 27.8 Å². The number of nitrogens with one attached hydrogen (secondary N) is 1. The van der Waals surface area contributed by atoms with Crippen LogP contribution in [0.5, 0.6) is 17.2 Å². The highest BCUT2D eigenvalue weighted by Gasteiger charge is 2.14. The first-order valence-corrected chi connectivity index (χ1v) is 8.40. The largest absolute Gasteiger partial charge is 0.493 e. The molecule has 0 aliphatic heterocycles. The van der Waals surface area contributed by atoms with Gasteiger partial charge in [0.15, 0.2) is 11.5 Å². The van der Waals surface area contributed by atoms with Gasteiger partial charge in [-0.3, -0.25) is 4.79 Å². The van der Waals surface area contributed by atoms with Crippen LogP contribution in [-0.2, 0) is 11.2 Å². The SMILES string of the molecule is COc1cc(CC(=O)NCCN(C)c2ccccc2)cc(OC)c1OC. The van der Waals surface area contributed by atoms with Crippen molar-refractivity contribution in [2.24, 2.45) is 0 Å². The molecule has 0 aliphatic rings. The van der Waals surface area contributed by atoms with Gasteiger partial charge in [-0.05, 0) is 29.8 Å². The molecule has 0 atom stereocenters. The molecule has 26 heavy (non-hydrogen) atoms. The van der Waals surface area contributed by atoms with Crippen LogP contribution in [0.2, 0.25) is 0 Å².